The third-order valence-electron chi connectivity index (χ3n) is 4.69. The van der Waals surface area contributed by atoms with E-state index in [1.165, 1.54) is 0 Å². The molecule has 28 heavy (non-hydrogen) atoms. The van der Waals surface area contributed by atoms with E-state index in [2.05, 4.69) is 28.5 Å². The zero-order valence-electron chi connectivity index (χ0n) is 16.1. The molecule has 3 aromatic rings. The van der Waals surface area contributed by atoms with E-state index < -0.39 is 0 Å². The van der Waals surface area contributed by atoms with Gasteiger partial charge in [0.2, 0.25) is 0 Å². The second kappa shape index (κ2) is 7.78. The smallest absolute Gasteiger partial charge is 0.251 e. The minimum Gasteiger partial charge on any atom is -0.351 e. The zero-order chi connectivity index (χ0) is 19.5. The molecule has 2 aromatic heterocycles. The lowest BCUT2D eigenvalue weighted by Gasteiger charge is -2.11. The Labute approximate surface area is 164 Å². The van der Waals surface area contributed by atoms with Gasteiger partial charge in [-0.15, -0.1) is 0 Å². The summed E-state index contributed by atoms with van der Waals surface area (Å²) in [4.78, 5) is 19.0. The number of allylic oxidation sites excluding steroid dienone is 4. The number of nitrogens with zero attached hydrogens (tertiary/aromatic N) is 4. The number of hydrogen-bond acceptors (Lipinski definition) is 4. The molecule has 1 aromatic carbocycles. The van der Waals surface area contributed by atoms with Crippen LogP contribution in [0.25, 0.3) is 22.5 Å². The van der Waals surface area contributed by atoms with Crippen LogP contribution in [0.15, 0.2) is 60.8 Å². The van der Waals surface area contributed by atoms with E-state index in [1.54, 1.807) is 6.20 Å². The number of rotatable bonds is 6. The molecule has 1 N–H and O–H groups in total. The monoisotopic (exact) mass is 373 g/mol. The Bertz CT molecular complexity index is 1080. The molecule has 1 amide bonds. The molecule has 6 heteroatoms. The first-order chi connectivity index (χ1) is 13.6. The first-order valence-electron chi connectivity index (χ1n) is 9.37. The van der Waals surface area contributed by atoms with Crippen LogP contribution in [0.2, 0.25) is 0 Å². The third kappa shape index (κ3) is 3.73. The maximum atomic E-state index is 12.5. The van der Waals surface area contributed by atoms with E-state index in [1.807, 2.05) is 59.9 Å². The summed E-state index contributed by atoms with van der Waals surface area (Å²) in [5.41, 5.74) is 5.22. The summed E-state index contributed by atoms with van der Waals surface area (Å²) in [6.45, 7) is 1.41. The molecule has 6 nitrogen and oxygen atoms in total. The van der Waals surface area contributed by atoms with Gasteiger partial charge in [0.05, 0.1) is 17.6 Å². The van der Waals surface area contributed by atoms with E-state index in [4.69, 9.17) is 5.10 Å². The SMILES string of the molecule is CN(C)CCNC(=O)c1cccc(-c2cnc3ccc(C4=CCC=C4)nn23)c1. The van der Waals surface area contributed by atoms with Gasteiger partial charge in [0.15, 0.2) is 5.65 Å². The summed E-state index contributed by atoms with van der Waals surface area (Å²) in [6, 6.07) is 11.5. The molecule has 0 radical (unpaired) electrons. The van der Waals surface area contributed by atoms with Gasteiger partial charge in [-0.25, -0.2) is 9.50 Å². The number of nitrogens with one attached hydrogen (secondary N) is 1. The minimum absolute atomic E-state index is 0.0765. The lowest BCUT2D eigenvalue weighted by atomic mass is 10.1. The van der Waals surface area contributed by atoms with Gasteiger partial charge >= 0.3 is 0 Å². The van der Waals surface area contributed by atoms with Gasteiger partial charge in [-0.3, -0.25) is 4.79 Å². The highest BCUT2D eigenvalue weighted by molar-refractivity contribution is 5.95. The Morgan fingerprint density at radius 3 is 2.93 bits per heavy atom. The molecule has 0 fully saturated rings. The molecule has 0 unspecified atom stereocenters. The Kier molecular flexibility index (Phi) is 5.04. The Balaban J connectivity index is 1.63. The van der Waals surface area contributed by atoms with Crippen molar-refractivity contribution < 1.29 is 4.79 Å². The summed E-state index contributed by atoms with van der Waals surface area (Å²) in [7, 11) is 3.96. The number of carbonyl (C=O) groups is 1. The largest absolute Gasteiger partial charge is 0.351 e. The second-order valence-corrected chi connectivity index (χ2v) is 7.07. The number of amides is 1. The first-order valence-corrected chi connectivity index (χ1v) is 9.37. The molecular weight excluding hydrogens is 350 g/mol. The van der Waals surface area contributed by atoms with Gasteiger partial charge in [0.1, 0.15) is 0 Å². The summed E-state index contributed by atoms with van der Waals surface area (Å²) < 4.78 is 1.84. The highest BCUT2D eigenvalue weighted by atomic mass is 16.1. The summed E-state index contributed by atoms with van der Waals surface area (Å²) in [5, 5.41) is 7.72. The number of carbonyl (C=O) groups excluding carboxylic acids is 1. The highest BCUT2D eigenvalue weighted by Gasteiger charge is 2.12. The van der Waals surface area contributed by atoms with Crippen LogP contribution < -0.4 is 5.32 Å². The van der Waals surface area contributed by atoms with Crippen molar-refractivity contribution in [3.63, 3.8) is 0 Å². The first kappa shape index (κ1) is 18.1. The molecule has 1 aliphatic rings. The van der Waals surface area contributed by atoms with E-state index in [-0.39, 0.29) is 5.91 Å². The third-order valence-corrected chi connectivity index (χ3v) is 4.69. The molecule has 4 rings (SSSR count). The van der Waals surface area contributed by atoms with Crippen LogP contribution in [0.3, 0.4) is 0 Å². The molecular formula is C22H23N5O. The lowest BCUT2D eigenvalue weighted by molar-refractivity contribution is 0.0951. The van der Waals surface area contributed by atoms with Gasteiger partial charge in [-0.05, 0) is 50.4 Å². The van der Waals surface area contributed by atoms with E-state index in [0.29, 0.717) is 12.1 Å². The van der Waals surface area contributed by atoms with E-state index in [9.17, 15) is 4.79 Å². The number of hydrogen-bond donors (Lipinski definition) is 1. The van der Waals surface area contributed by atoms with Crippen LogP contribution in [-0.4, -0.2) is 52.6 Å². The van der Waals surface area contributed by atoms with Crippen molar-refractivity contribution >= 4 is 17.1 Å². The molecule has 0 spiro atoms. The quantitative estimate of drug-likeness (QED) is 0.721. The Morgan fingerprint density at radius 2 is 2.14 bits per heavy atom. The standard InChI is InChI=1S/C22H23N5O/c1-26(2)13-12-23-22(28)18-9-5-8-17(14-18)20-15-24-21-11-10-19(25-27(20)21)16-6-3-4-7-16/h3,5-11,14-15H,4,12-13H2,1-2H3,(H,23,28). The minimum atomic E-state index is -0.0765. The topological polar surface area (TPSA) is 62.5 Å². The normalized spacial score (nSPS) is 13.3. The molecule has 0 saturated heterocycles. The molecule has 0 atom stereocenters. The van der Waals surface area contributed by atoms with Gasteiger partial charge in [0.25, 0.3) is 5.91 Å². The van der Waals surface area contributed by atoms with Crippen molar-refractivity contribution in [2.75, 3.05) is 27.2 Å². The van der Waals surface area contributed by atoms with Crippen LogP contribution in [0.5, 0.6) is 0 Å². The highest BCUT2D eigenvalue weighted by Crippen LogP contribution is 2.24. The summed E-state index contributed by atoms with van der Waals surface area (Å²) in [6.07, 6.45) is 9.10. The van der Waals surface area contributed by atoms with Crippen molar-refractivity contribution in [2.24, 2.45) is 0 Å². The van der Waals surface area contributed by atoms with Crippen molar-refractivity contribution in [1.29, 1.82) is 0 Å². The van der Waals surface area contributed by atoms with Crippen LogP contribution in [0.1, 0.15) is 22.5 Å². The lowest BCUT2D eigenvalue weighted by Crippen LogP contribution is -2.31. The fraction of sp³-hybridized carbons (Fsp3) is 0.227. The Morgan fingerprint density at radius 1 is 1.25 bits per heavy atom. The molecule has 0 aliphatic heterocycles. The predicted octanol–water partition coefficient (Wildman–Crippen LogP) is 3.03. The van der Waals surface area contributed by atoms with Gasteiger partial charge in [-0.1, -0.05) is 30.4 Å². The van der Waals surface area contributed by atoms with Crippen molar-refractivity contribution in [3.8, 4) is 11.3 Å². The molecule has 0 saturated carbocycles. The fourth-order valence-corrected chi connectivity index (χ4v) is 3.19. The van der Waals surface area contributed by atoms with Crippen molar-refractivity contribution in [1.82, 2.24) is 24.8 Å². The second-order valence-electron chi connectivity index (χ2n) is 7.07. The molecule has 0 bridgehead atoms. The molecule has 2 heterocycles. The van der Waals surface area contributed by atoms with Crippen molar-refractivity contribution in [2.45, 2.75) is 6.42 Å². The summed E-state index contributed by atoms with van der Waals surface area (Å²) in [5.74, 6) is -0.0765. The maximum absolute atomic E-state index is 12.5. The fourth-order valence-electron chi connectivity index (χ4n) is 3.19. The average molecular weight is 373 g/mol. The number of benzene rings is 1. The summed E-state index contributed by atoms with van der Waals surface area (Å²) >= 11 is 0. The van der Waals surface area contributed by atoms with Crippen LogP contribution in [0, 0.1) is 0 Å². The molecule has 142 valence electrons. The number of likely N-dealkylation sites (N-methyl/N-ethyl adjacent to an activating group) is 1. The zero-order valence-corrected chi connectivity index (χ0v) is 16.1. The van der Waals surface area contributed by atoms with Gasteiger partial charge < -0.3 is 10.2 Å². The number of aromatic nitrogens is 3. The average Bonchev–Trinajstić information content (AvgIpc) is 3.37. The van der Waals surface area contributed by atoms with Gasteiger partial charge in [-0.2, -0.15) is 5.10 Å². The predicted molar refractivity (Wildman–Crippen MR) is 111 cm³/mol. The van der Waals surface area contributed by atoms with Crippen LogP contribution in [-0.2, 0) is 0 Å². The molecule has 1 aliphatic carbocycles. The Hall–Kier alpha value is -3.25. The number of imidazole rings is 1. The van der Waals surface area contributed by atoms with Crippen LogP contribution >= 0.6 is 0 Å². The maximum Gasteiger partial charge on any atom is 0.251 e. The van der Waals surface area contributed by atoms with Crippen LogP contribution in [0.4, 0.5) is 0 Å². The number of fused-ring (bicyclic) bond motifs is 1. The van der Waals surface area contributed by atoms with E-state index >= 15 is 0 Å². The van der Waals surface area contributed by atoms with E-state index in [0.717, 1.165) is 41.1 Å². The van der Waals surface area contributed by atoms with Crippen molar-refractivity contribution in [3.05, 3.63) is 72.1 Å². The van der Waals surface area contributed by atoms with Gasteiger partial charge in [0, 0.05) is 24.2 Å².